The quantitative estimate of drug-likeness (QED) is 0.175. The summed E-state index contributed by atoms with van der Waals surface area (Å²) in [5.41, 5.74) is 11.3. The molecule has 13 rings (SSSR count). The van der Waals surface area contributed by atoms with Crippen molar-refractivity contribution < 1.29 is 4.42 Å². The van der Waals surface area contributed by atoms with E-state index >= 15 is 0 Å². The maximum Gasteiger partial charge on any atom is 0.238 e. The van der Waals surface area contributed by atoms with E-state index in [-0.39, 0.29) is 0 Å². The number of benzene rings is 9. The zero-order valence-electron chi connectivity index (χ0n) is 32.7. The van der Waals surface area contributed by atoms with Gasteiger partial charge >= 0.3 is 0 Å². The molecule has 0 N–H and O–H groups in total. The van der Waals surface area contributed by atoms with Crippen molar-refractivity contribution in [3.05, 3.63) is 200 Å². The first-order valence-electron chi connectivity index (χ1n) is 20.5. The fraction of sp³-hybridized carbons (Fsp3) is 0. The Bertz CT molecular complexity index is 3890. The van der Waals surface area contributed by atoms with Crippen LogP contribution in [-0.4, -0.2) is 24.1 Å². The van der Waals surface area contributed by atoms with Crippen LogP contribution in [0.5, 0.6) is 0 Å². The number of hydrogen-bond donors (Lipinski definition) is 0. The van der Waals surface area contributed by atoms with Gasteiger partial charge in [0, 0.05) is 49.1 Å². The van der Waals surface area contributed by atoms with Gasteiger partial charge in [-0.05, 0) is 88.6 Å². The van der Waals surface area contributed by atoms with Crippen LogP contribution in [0.1, 0.15) is 0 Å². The molecule has 0 saturated carbocycles. The van der Waals surface area contributed by atoms with Crippen molar-refractivity contribution in [1.82, 2.24) is 24.1 Å². The van der Waals surface area contributed by atoms with E-state index in [4.69, 9.17) is 19.4 Å². The lowest BCUT2D eigenvalue weighted by molar-refractivity contribution is 0.669. The Labute approximate surface area is 349 Å². The summed E-state index contributed by atoms with van der Waals surface area (Å²) in [6.07, 6.45) is 0. The molecule has 0 spiro atoms. The molecular formula is C55H33N5O. The number of hydrogen-bond acceptors (Lipinski definition) is 4. The smallest absolute Gasteiger partial charge is 0.238 e. The van der Waals surface area contributed by atoms with Crippen molar-refractivity contribution in [3.8, 4) is 45.5 Å². The van der Waals surface area contributed by atoms with Crippen LogP contribution >= 0.6 is 0 Å². The first kappa shape index (κ1) is 33.6. The summed E-state index contributed by atoms with van der Waals surface area (Å²) in [7, 11) is 0. The molecular weight excluding hydrogens is 747 g/mol. The molecule has 0 atom stereocenters. The third-order valence-electron chi connectivity index (χ3n) is 12.2. The van der Waals surface area contributed by atoms with Crippen molar-refractivity contribution >= 4 is 76.3 Å². The van der Waals surface area contributed by atoms with E-state index in [1.165, 1.54) is 21.8 Å². The van der Waals surface area contributed by atoms with Crippen molar-refractivity contribution in [1.29, 1.82) is 0 Å². The van der Waals surface area contributed by atoms with E-state index in [0.717, 1.165) is 82.5 Å². The molecule has 9 aromatic carbocycles. The first-order chi connectivity index (χ1) is 30.2. The number of aromatic nitrogens is 5. The van der Waals surface area contributed by atoms with Gasteiger partial charge in [0.15, 0.2) is 11.6 Å². The molecule has 0 bridgehead atoms. The molecule has 0 saturated heterocycles. The Morgan fingerprint density at radius 1 is 0.344 bits per heavy atom. The number of furan rings is 1. The number of para-hydroxylation sites is 4. The van der Waals surface area contributed by atoms with Crippen molar-refractivity contribution in [2.24, 2.45) is 0 Å². The lowest BCUT2D eigenvalue weighted by atomic mass is 10.0. The molecule has 13 aromatic rings. The maximum atomic E-state index is 6.33. The third kappa shape index (κ3) is 5.19. The van der Waals surface area contributed by atoms with Gasteiger partial charge in [-0.3, -0.25) is 4.57 Å². The van der Waals surface area contributed by atoms with Gasteiger partial charge in [-0.2, -0.15) is 9.97 Å². The molecule has 6 heteroatoms. The Hall–Kier alpha value is -8.35. The average Bonchev–Trinajstić information content (AvgIpc) is 3.99. The minimum Gasteiger partial charge on any atom is -0.456 e. The van der Waals surface area contributed by atoms with Crippen LogP contribution in [0.4, 0.5) is 0 Å². The van der Waals surface area contributed by atoms with Crippen LogP contribution in [0, 0.1) is 0 Å². The summed E-state index contributed by atoms with van der Waals surface area (Å²) < 4.78 is 10.9. The van der Waals surface area contributed by atoms with E-state index in [1.54, 1.807) is 0 Å². The second kappa shape index (κ2) is 13.1. The van der Waals surface area contributed by atoms with E-state index in [0.29, 0.717) is 17.6 Å². The SMILES string of the molecule is c1ccc(-n2c3ccccc3c3cc(-c4ccc5c(c4)c4ccccc4n5-c4nc(-c5ccc6ccccc6c5)nc(-c5cccc6oc7ccccc7c56)n4)ccc32)cc1. The molecule has 4 heterocycles. The van der Waals surface area contributed by atoms with Crippen LogP contribution < -0.4 is 0 Å². The lowest BCUT2D eigenvalue weighted by Gasteiger charge is -2.12. The molecule has 284 valence electrons. The topological polar surface area (TPSA) is 61.7 Å². The predicted octanol–water partition coefficient (Wildman–Crippen LogP) is 14.1. The van der Waals surface area contributed by atoms with Crippen molar-refractivity contribution in [2.75, 3.05) is 0 Å². The van der Waals surface area contributed by atoms with Gasteiger partial charge in [0.25, 0.3) is 0 Å². The minimum absolute atomic E-state index is 0.548. The number of rotatable bonds is 5. The molecule has 61 heavy (non-hydrogen) atoms. The second-order valence-electron chi connectivity index (χ2n) is 15.6. The van der Waals surface area contributed by atoms with Crippen LogP contribution in [0.15, 0.2) is 205 Å². The van der Waals surface area contributed by atoms with Crippen LogP contribution in [0.2, 0.25) is 0 Å². The number of nitrogens with zero attached hydrogens (tertiary/aromatic N) is 5. The van der Waals surface area contributed by atoms with E-state index < -0.39 is 0 Å². The average molecular weight is 780 g/mol. The highest BCUT2D eigenvalue weighted by atomic mass is 16.3. The third-order valence-corrected chi connectivity index (χ3v) is 12.2. The zero-order chi connectivity index (χ0) is 40.0. The highest BCUT2D eigenvalue weighted by molar-refractivity contribution is 6.14. The minimum atomic E-state index is 0.548. The summed E-state index contributed by atoms with van der Waals surface area (Å²) in [6.45, 7) is 0. The standard InChI is InChI=1S/C55H33N5O/c1-2-15-39(16-3-1)59-46-21-9-6-17-40(46)44-32-36(27-29-48(44)59)37-28-30-49-45(33-37)41-18-7-10-22-47(41)60(49)55-57-53(38-26-25-34-13-4-5-14-35(34)31-38)56-54(58-55)43-20-12-24-51-52(43)42-19-8-11-23-50(42)61-51/h1-33H. The molecule has 0 fully saturated rings. The van der Waals surface area contributed by atoms with Gasteiger partial charge in [0.2, 0.25) is 5.95 Å². The summed E-state index contributed by atoms with van der Waals surface area (Å²) in [5, 5.41) is 8.99. The molecule has 0 aliphatic rings. The monoisotopic (exact) mass is 779 g/mol. The van der Waals surface area contributed by atoms with Crippen LogP contribution in [0.3, 0.4) is 0 Å². The van der Waals surface area contributed by atoms with Gasteiger partial charge < -0.3 is 8.98 Å². The normalized spacial score (nSPS) is 11.9. The first-order valence-corrected chi connectivity index (χ1v) is 20.5. The molecule has 0 amide bonds. The summed E-state index contributed by atoms with van der Waals surface area (Å²) in [6, 6.07) is 70.4. The molecule has 0 unspecified atom stereocenters. The highest BCUT2D eigenvalue weighted by Crippen LogP contribution is 2.40. The lowest BCUT2D eigenvalue weighted by Crippen LogP contribution is -2.06. The Morgan fingerprint density at radius 2 is 0.918 bits per heavy atom. The van der Waals surface area contributed by atoms with Gasteiger partial charge in [-0.25, -0.2) is 4.98 Å². The Morgan fingerprint density at radius 3 is 1.69 bits per heavy atom. The van der Waals surface area contributed by atoms with E-state index in [1.807, 2.05) is 30.3 Å². The van der Waals surface area contributed by atoms with Crippen LogP contribution in [0.25, 0.3) is 122 Å². The van der Waals surface area contributed by atoms with Crippen molar-refractivity contribution in [2.45, 2.75) is 0 Å². The predicted molar refractivity (Wildman–Crippen MR) is 250 cm³/mol. The van der Waals surface area contributed by atoms with Gasteiger partial charge in [-0.15, -0.1) is 0 Å². The van der Waals surface area contributed by atoms with E-state index in [2.05, 4.69) is 179 Å². The molecule has 0 aliphatic heterocycles. The maximum absolute atomic E-state index is 6.33. The second-order valence-corrected chi connectivity index (χ2v) is 15.6. The fourth-order valence-electron chi connectivity index (χ4n) is 9.38. The van der Waals surface area contributed by atoms with Gasteiger partial charge in [0.1, 0.15) is 11.2 Å². The Balaban J connectivity index is 1.03. The van der Waals surface area contributed by atoms with E-state index in [9.17, 15) is 0 Å². The van der Waals surface area contributed by atoms with Gasteiger partial charge in [-0.1, -0.05) is 133 Å². The largest absolute Gasteiger partial charge is 0.456 e. The summed E-state index contributed by atoms with van der Waals surface area (Å²) in [5.74, 6) is 1.73. The highest BCUT2D eigenvalue weighted by Gasteiger charge is 2.21. The van der Waals surface area contributed by atoms with Crippen molar-refractivity contribution in [3.63, 3.8) is 0 Å². The Kier molecular flexibility index (Phi) is 7.21. The summed E-state index contributed by atoms with van der Waals surface area (Å²) >= 11 is 0. The van der Waals surface area contributed by atoms with Crippen LogP contribution in [-0.2, 0) is 0 Å². The zero-order valence-corrected chi connectivity index (χ0v) is 32.7. The summed E-state index contributed by atoms with van der Waals surface area (Å²) in [4.78, 5) is 15.9. The molecule has 4 aromatic heterocycles. The molecule has 0 radical (unpaired) electrons. The molecule has 6 nitrogen and oxygen atoms in total. The fourth-order valence-corrected chi connectivity index (χ4v) is 9.38. The van der Waals surface area contributed by atoms with Gasteiger partial charge in [0.05, 0.1) is 22.1 Å². The number of fused-ring (bicyclic) bond motifs is 10. The molecule has 0 aliphatic carbocycles.